The summed E-state index contributed by atoms with van der Waals surface area (Å²) >= 11 is 0. The third kappa shape index (κ3) is 3.29. The van der Waals surface area contributed by atoms with Crippen molar-refractivity contribution >= 4 is 5.97 Å². The number of aliphatic carboxylic acids is 1. The normalized spacial score (nSPS) is 18.3. The Morgan fingerprint density at radius 3 is 2.72 bits per heavy atom. The summed E-state index contributed by atoms with van der Waals surface area (Å²) in [5, 5.41) is 12.2. The summed E-state index contributed by atoms with van der Waals surface area (Å²) in [6, 6.07) is 6.07. The monoisotopic (exact) mass is 251 g/mol. The Bertz CT molecular complexity index is 432. The highest BCUT2D eigenvalue weighted by Gasteiger charge is 2.36. The Morgan fingerprint density at radius 1 is 1.50 bits per heavy atom. The van der Waals surface area contributed by atoms with E-state index in [1.807, 2.05) is 6.92 Å². The molecule has 3 nitrogen and oxygen atoms in total. The summed E-state index contributed by atoms with van der Waals surface area (Å²) in [7, 11) is 0. The Kier molecular flexibility index (Phi) is 3.97. The first kappa shape index (κ1) is 13.0. The molecule has 1 aliphatic carbocycles. The molecule has 4 heteroatoms. The van der Waals surface area contributed by atoms with E-state index in [1.54, 1.807) is 18.2 Å². The number of hydrogen-bond acceptors (Lipinski definition) is 2. The number of carbonyl (C=O) groups is 1. The van der Waals surface area contributed by atoms with Crippen LogP contribution >= 0.6 is 0 Å². The molecule has 1 fully saturated rings. The minimum absolute atomic E-state index is 0.0522. The van der Waals surface area contributed by atoms with E-state index in [1.165, 1.54) is 6.07 Å². The third-order valence-electron chi connectivity index (χ3n) is 3.31. The summed E-state index contributed by atoms with van der Waals surface area (Å²) < 4.78 is 13.5. The molecule has 1 aliphatic rings. The van der Waals surface area contributed by atoms with Gasteiger partial charge in [0.05, 0.1) is 0 Å². The highest BCUT2D eigenvalue weighted by molar-refractivity contribution is 5.74. The fraction of sp³-hybridized carbons (Fsp3) is 0.500. The number of hydrogen-bond donors (Lipinski definition) is 2. The fourth-order valence-electron chi connectivity index (χ4n) is 2.20. The average Bonchev–Trinajstić information content (AvgIpc) is 3.13. The summed E-state index contributed by atoms with van der Waals surface area (Å²) in [4.78, 5) is 11.1. The molecule has 98 valence electrons. The molecule has 2 unspecified atom stereocenters. The van der Waals surface area contributed by atoms with E-state index in [4.69, 9.17) is 5.11 Å². The van der Waals surface area contributed by atoms with Gasteiger partial charge < -0.3 is 10.4 Å². The molecular weight excluding hydrogens is 233 g/mol. The number of carboxylic acids is 1. The van der Waals surface area contributed by atoms with Gasteiger partial charge in [-0.05, 0) is 43.7 Å². The van der Waals surface area contributed by atoms with Crippen LogP contribution in [0.4, 0.5) is 4.39 Å². The second-order valence-corrected chi connectivity index (χ2v) is 5.02. The van der Waals surface area contributed by atoms with Crippen molar-refractivity contribution in [3.63, 3.8) is 0 Å². The lowest BCUT2D eigenvalue weighted by molar-refractivity contribution is -0.140. The number of halogens is 1. The molecule has 0 radical (unpaired) electrons. The van der Waals surface area contributed by atoms with Crippen molar-refractivity contribution < 1.29 is 14.3 Å². The zero-order valence-electron chi connectivity index (χ0n) is 10.4. The van der Waals surface area contributed by atoms with Gasteiger partial charge in [0, 0.05) is 6.04 Å². The van der Waals surface area contributed by atoms with Gasteiger partial charge in [-0.3, -0.25) is 4.79 Å². The maximum atomic E-state index is 13.5. The van der Waals surface area contributed by atoms with E-state index in [0.717, 1.165) is 12.8 Å². The number of benzene rings is 1. The molecule has 18 heavy (non-hydrogen) atoms. The summed E-state index contributed by atoms with van der Waals surface area (Å²) in [6.45, 7) is 1.89. The second-order valence-electron chi connectivity index (χ2n) is 5.02. The zero-order chi connectivity index (χ0) is 13.1. The molecule has 2 rings (SSSR count). The van der Waals surface area contributed by atoms with Crippen molar-refractivity contribution in [1.29, 1.82) is 0 Å². The van der Waals surface area contributed by atoms with Crippen LogP contribution in [-0.4, -0.2) is 23.2 Å². The van der Waals surface area contributed by atoms with Crippen molar-refractivity contribution in [3.05, 3.63) is 35.6 Å². The van der Waals surface area contributed by atoms with Gasteiger partial charge in [-0.15, -0.1) is 0 Å². The first-order valence-corrected chi connectivity index (χ1v) is 6.30. The first-order valence-electron chi connectivity index (χ1n) is 6.30. The fourth-order valence-corrected chi connectivity index (χ4v) is 2.20. The molecule has 1 saturated carbocycles. The summed E-state index contributed by atoms with van der Waals surface area (Å²) in [6.07, 6.45) is 2.44. The zero-order valence-corrected chi connectivity index (χ0v) is 10.4. The van der Waals surface area contributed by atoms with E-state index in [9.17, 15) is 9.18 Å². The molecular formula is C14H18FNO2. The molecule has 0 saturated heterocycles. The molecule has 0 aromatic heterocycles. The number of rotatable bonds is 6. The van der Waals surface area contributed by atoms with E-state index in [2.05, 4.69) is 5.32 Å². The molecule has 0 heterocycles. The van der Waals surface area contributed by atoms with E-state index in [-0.39, 0.29) is 17.8 Å². The molecule has 1 aromatic carbocycles. The smallest absolute Gasteiger partial charge is 0.320 e. The van der Waals surface area contributed by atoms with Crippen LogP contribution < -0.4 is 5.32 Å². The van der Waals surface area contributed by atoms with Crippen molar-refractivity contribution in [2.45, 2.75) is 38.3 Å². The summed E-state index contributed by atoms with van der Waals surface area (Å²) in [5.41, 5.74) is 0.623. The van der Waals surface area contributed by atoms with Crippen LogP contribution in [0.5, 0.6) is 0 Å². The number of nitrogens with one attached hydrogen (secondary N) is 1. The Morgan fingerprint density at radius 2 is 2.17 bits per heavy atom. The van der Waals surface area contributed by atoms with Gasteiger partial charge in [0.25, 0.3) is 0 Å². The van der Waals surface area contributed by atoms with E-state index < -0.39 is 12.0 Å². The predicted molar refractivity (Wildman–Crippen MR) is 66.8 cm³/mol. The molecule has 2 N–H and O–H groups in total. The minimum atomic E-state index is -0.808. The highest BCUT2D eigenvalue weighted by atomic mass is 19.1. The molecule has 0 amide bonds. The van der Waals surface area contributed by atoms with Gasteiger partial charge in [-0.1, -0.05) is 18.2 Å². The van der Waals surface area contributed by atoms with Crippen LogP contribution in [0.25, 0.3) is 0 Å². The lowest BCUT2D eigenvalue weighted by Gasteiger charge is -2.20. The summed E-state index contributed by atoms with van der Waals surface area (Å²) in [5.74, 6) is -0.798. The molecule has 2 atom stereocenters. The average molecular weight is 251 g/mol. The van der Waals surface area contributed by atoms with Crippen LogP contribution in [0.3, 0.4) is 0 Å². The first-order chi connectivity index (χ1) is 8.58. The standard InChI is InChI=1S/C14H18FNO2/c1-9(8-11-4-2-3-5-12(11)15)16-13(14(17)18)10-6-7-10/h2-5,9-10,13,16H,6-8H2,1H3,(H,17,18). The van der Waals surface area contributed by atoms with Crippen molar-refractivity contribution in [1.82, 2.24) is 5.32 Å². The third-order valence-corrected chi connectivity index (χ3v) is 3.31. The van der Waals surface area contributed by atoms with Gasteiger partial charge in [-0.25, -0.2) is 4.39 Å². The highest BCUT2D eigenvalue weighted by Crippen LogP contribution is 2.33. The Labute approximate surface area is 106 Å². The lowest BCUT2D eigenvalue weighted by Crippen LogP contribution is -2.44. The minimum Gasteiger partial charge on any atom is -0.480 e. The van der Waals surface area contributed by atoms with Crippen LogP contribution in [0.2, 0.25) is 0 Å². The van der Waals surface area contributed by atoms with Gasteiger partial charge in [0.1, 0.15) is 11.9 Å². The van der Waals surface area contributed by atoms with Crippen LogP contribution in [-0.2, 0) is 11.2 Å². The Hall–Kier alpha value is -1.42. The molecule has 0 aliphatic heterocycles. The van der Waals surface area contributed by atoms with E-state index in [0.29, 0.717) is 12.0 Å². The number of carboxylic acid groups (broad SMARTS) is 1. The van der Waals surface area contributed by atoms with Crippen molar-refractivity contribution in [2.75, 3.05) is 0 Å². The maximum absolute atomic E-state index is 13.5. The lowest BCUT2D eigenvalue weighted by atomic mass is 10.0. The molecule has 0 bridgehead atoms. The SMILES string of the molecule is CC(Cc1ccccc1F)NC(C(=O)O)C1CC1. The van der Waals surface area contributed by atoms with Crippen molar-refractivity contribution in [2.24, 2.45) is 5.92 Å². The largest absolute Gasteiger partial charge is 0.480 e. The van der Waals surface area contributed by atoms with Gasteiger partial charge in [0.2, 0.25) is 0 Å². The van der Waals surface area contributed by atoms with Gasteiger partial charge >= 0.3 is 5.97 Å². The topological polar surface area (TPSA) is 49.3 Å². The van der Waals surface area contributed by atoms with E-state index >= 15 is 0 Å². The van der Waals surface area contributed by atoms with Crippen LogP contribution in [0, 0.1) is 11.7 Å². The molecule has 0 spiro atoms. The molecule has 1 aromatic rings. The quantitative estimate of drug-likeness (QED) is 0.815. The van der Waals surface area contributed by atoms with Crippen LogP contribution in [0.1, 0.15) is 25.3 Å². The van der Waals surface area contributed by atoms with Gasteiger partial charge in [-0.2, -0.15) is 0 Å². The predicted octanol–water partition coefficient (Wildman–Crippen LogP) is 2.21. The van der Waals surface area contributed by atoms with Crippen LogP contribution in [0.15, 0.2) is 24.3 Å². The van der Waals surface area contributed by atoms with Crippen molar-refractivity contribution in [3.8, 4) is 0 Å². The Balaban J connectivity index is 1.93. The van der Waals surface area contributed by atoms with Gasteiger partial charge in [0.15, 0.2) is 0 Å². The maximum Gasteiger partial charge on any atom is 0.320 e. The second kappa shape index (κ2) is 5.48.